The van der Waals surface area contributed by atoms with E-state index >= 15 is 0 Å². The number of benzene rings is 2. The number of hydrogen-bond acceptors (Lipinski definition) is 3. The Balaban J connectivity index is 1.60. The van der Waals surface area contributed by atoms with Crippen molar-refractivity contribution >= 4 is 16.8 Å². The Hall–Kier alpha value is -3.21. The molecule has 5 rings (SSSR count). The number of aromatic amines is 1. The summed E-state index contributed by atoms with van der Waals surface area (Å²) in [5.74, 6) is 0.989. The van der Waals surface area contributed by atoms with E-state index in [1.807, 2.05) is 36.4 Å². The first-order valence-corrected chi connectivity index (χ1v) is 8.81. The van der Waals surface area contributed by atoms with Crippen molar-refractivity contribution in [1.29, 1.82) is 0 Å². The van der Waals surface area contributed by atoms with Crippen LogP contribution in [0.3, 0.4) is 0 Å². The second-order valence-corrected chi connectivity index (χ2v) is 6.88. The molecule has 4 aromatic rings. The molecule has 1 N–H and O–H groups in total. The quantitative estimate of drug-likeness (QED) is 0.599. The number of carbonyl (C=O) groups is 1. The molecule has 2 aromatic carbocycles. The molecule has 5 nitrogen and oxygen atoms in total. The first-order valence-electron chi connectivity index (χ1n) is 8.81. The van der Waals surface area contributed by atoms with Crippen LogP contribution in [0.15, 0.2) is 54.7 Å². The summed E-state index contributed by atoms with van der Waals surface area (Å²) in [5, 5.41) is 4.47. The van der Waals surface area contributed by atoms with Gasteiger partial charge in [-0.3, -0.25) is 4.79 Å². The summed E-state index contributed by atoms with van der Waals surface area (Å²) in [5.41, 5.74) is 5.98. The van der Waals surface area contributed by atoms with Crippen molar-refractivity contribution in [3.63, 3.8) is 0 Å². The number of carbonyl (C=O) groups excluding carboxylic acids is 1. The summed E-state index contributed by atoms with van der Waals surface area (Å²) in [6.45, 7) is 2.10. The SMILES string of the molecule is Cc1ccccc1C1CC(=O)c2cnn(-c3nc4ccccc4[nH]3)c2C1. The third-order valence-corrected chi connectivity index (χ3v) is 5.25. The van der Waals surface area contributed by atoms with Gasteiger partial charge in [0.1, 0.15) is 0 Å². The summed E-state index contributed by atoms with van der Waals surface area (Å²) >= 11 is 0. The number of nitrogens with zero attached hydrogens (tertiary/aromatic N) is 3. The highest BCUT2D eigenvalue weighted by atomic mass is 16.1. The van der Waals surface area contributed by atoms with E-state index < -0.39 is 0 Å². The Kier molecular flexibility index (Phi) is 3.28. The summed E-state index contributed by atoms with van der Waals surface area (Å²) in [6.07, 6.45) is 2.99. The number of H-pyrrole nitrogens is 1. The van der Waals surface area contributed by atoms with Gasteiger partial charge in [0.15, 0.2) is 5.78 Å². The number of fused-ring (bicyclic) bond motifs is 2. The highest BCUT2D eigenvalue weighted by Gasteiger charge is 2.31. The third-order valence-electron chi connectivity index (χ3n) is 5.25. The number of nitrogens with one attached hydrogen (secondary N) is 1. The number of ketones is 1. The van der Waals surface area contributed by atoms with Crippen LogP contribution in [0.25, 0.3) is 17.0 Å². The van der Waals surface area contributed by atoms with E-state index in [4.69, 9.17) is 0 Å². The fourth-order valence-corrected chi connectivity index (χ4v) is 3.93. The van der Waals surface area contributed by atoms with E-state index in [1.165, 1.54) is 11.1 Å². The fraction of sp³-hybridized carbons (Fsp3) is 0.190. The van der Waals surface area contributed by atoms with Crippen LogP contribution in [0.5, 0.6) is 0 Å². The topological polar surface area (TPSA) is 63.6 Å². The molecule has 1 aliphatic carbocycles. The highest BCUT2D eigenvalue weighted by molar-refractivity contribution is 5.98. The van der Waals surface area contributed by atoms with Crippen LogP contribution >= 0.6 is 0 Å². The molecule has 0 fully saturated rings. The maximum absolute atomic E-state index is 12.7. The average Bonchev–Trinajstić information content (AvgIpc) is 3.25. The third kappa shape index (κ3) is 2.28. The van der Waals surface area contributed by atoms with E-state index in [2.05, 4.69) is 34.1 Å². The molecule has 0 aliphatic heterocycles. The monoisotopic (exact) mass is 342 g/mol. The van der Waals surface area contributed by atoms with Crippen LogP contribution in [0, 0.1) is 6.92 Å². The van der Waals surface area contributed by atoms with E-state index in [1.54, 1.807) is 10.9 Å². The molecule has 0 radical (unpaired) electrons. The number of aryl methyl sites for hydroxylation is 1. The minimum absolute atomic E-state index is 0.155. The summed E-state index contributed by atoms with van der Waals surface area (Å²) in [7, 11) is 0. The number of rotatable bonds is 2. The van der Waals surface area contributed by atoms with Crippen LogP contribution in [-0.2, 0) is 6.42 Å². The number of hydrogen-bond donors (Lipinski definition) is 1. The maximum atomic E-state index is 12.7. The molecule has 1 unspecified atom stereocenters. The Morgan fingerprint density at radius 2 is 1.88 bits per heavy atom. The smallest absolute Gasteiger partial charge is 0.229 e. The Bertz CT molecular complexity index is 1100. The molecule has 0 bridgehead atoms. The van der Waals surface area contributed by atoms with Crippen LogP contribution in [0.4, 0.5) is 0 Å². The number of para-hydroxylation sites is 2. The molecule has 26 heavy (non-hydrogen) atoms. The molecule has 0 saturated heterocycles. The zero-order chi connectivity index (χ0) is 17.7. The molecule has 1 aliphatic rings. The zero-order valence-electron chi connectivity index (χ0n) is 14.4. The predicted octanol–water partition coefficient (Wildman–Crippen LogP) is 3.97. The molecule has 2 aromatic heterocycles. The fourth-order valence-electron chi connectivity index (χ4n) is 3.93. The Morgan fingerprint density at radius 1 is 1.08 bits per heavy atom. The summed E-state index contributed by atoms with van der Waals surface area (Å²) in [4.78, 5) is 20.7. The lowest BCUT2D eigenvalue weighted by molar-refractivity contribution is 0.0963. The first kappa shape index (κ1) is 15.1. The van der Waals surface area contributed by atoms with Gasteiger partial charge in [0.25, 0.3) is 0 Å². The summed E-state index contributed by atoms with van der Waals surface area (Å²) < 4.78 is 1.79. The van der Waals surface area contributed by atoms with Gasteiger partial charge in [-0.25, -0.2) is 9.67 Å². The van der Waals surface area contributed by atoms with Gasteiger partial charge >= 0.3 is 0 Å². The van der Waals surface area contributed by atoms with Gasteiger partial charge in [0.2, 0.25) is 5.95 Å². The van der Waals surface area contributed by atoms with Gasteiger partial charge in [-0.15, -0.1) is 0 Å². The maximum Gasteiger partial charge on any atom is 0.229 e. The molecule has 1 atom stereocenters. The Morgan fingerprint density at radius 3 is 2.73 bits per heavy atom. The van der Waals surface area contributed by atoms with Crippen molar-refractivity contribution in [3.8, 4) is 5.95 Å². The van der Waals surface area contributed by atoms with Crippen molar-refractivity contribution in [3.05, 3.63) is 77.1 Å². The van der Waals surface area contributed by atoms with Crippen molar-refractivity contribution in [2.24, 2.45) is 0 Å². The average molecular weight is 342 g/mol. The molecule has 0 spiro atoms. The Labute approximate surface area is 150 Å². The first-order chi connectivity index (χ1) is 12.7. The molecule has 128 valence electrons. The van der Waals surface area contributed by atoms with Crippen molar-refractivity contribution in [2.45, 2.75) is 25.7 Å². The summed E-state index contributed by atoms with van der Waals surface area (Å²) in [6, 6.07) is 16.2. The van der Waals surface area contributed by atoms with Crippen LogP contribution in [-0.4, -0.2) is 25.5 Å². The van der Waals surface area contributed by atoms with Crippen LogP contribution < -0.4 is 0 Å². The molecule has 5 heteroatoms. The normalized spacial score (nSPS) is 16.8. The second-order valence-electron chi connectivity index (χ2n) is 6.88. The molecular weight excluding hydrogens is 324 g/mol. The predicted molar refractivity (Wildman–Crippen MR) is 99.8 cm³/mol. The van der Waals surface area contributed by atoms with E-state index in [0.29, 0.717) is 12.4 Å². The number of Topliss-reactive ketones (excluding diaryl/α,β-unsaturated/α-hetero) is 1. The molecule has 0 saturated carbocycles. The van der Waals surface area contributed by atoms with E-state index in [9.17, 15) is 4.79 Å². The van der Waals surface area contributed by atoms with E-state index in [-0.39, 0.29) is 11.7 Å². The van der Waals surface area contributed by atoms with E-state index in [0.717, 1.165) is 28.7 Å². The van der Waals surface area contributed by atoms with Gasteiger partial charge in [-0.1, -0.05) is 36.4 Å². The van der Waals surface area contributed by atoms with Crippen molar-refractivity contribution in [2.75, 3.05) is 0 Å². The zero-order valence-corrected chi connectivity index (χ0v) is 14.4. The lowest BCUT2D eigenvalue weighted by atomic mass is 9.81. The minimum atomic E-state index is 0.155. The number of imidazole rings is 1. The van der Waals surface area contributed by atoms with Gasteiger partial charge in [0.05, 0.1) is 28.5 Å². The van der Waals surface area contributed by atoms with Crippen molar-refractivity contribution < 1.29 is 4.79 Å². The minimum Gasteiger partial charge on any atom is -0.322 e. The van der Waals surface area contributed by atoms with Gasteiger partial charge in [0, 0.05) is 6.42 Å². The standard InChI is InChI=1S/C21H18N4O/c1-13-6-2-3-7-15(13)14-10-19-16(20(26)11-14)12-22-25(19)21-23-17-8-4-5-9-18(17)24-21/h2-9,12,14H,10-11H2,1H3,(H,23,24). The second kappa shape index (κ2) is 5.66. The number of aromatic nitrogens is 4. The largest absolute Gasteiger partial charge is 0.322 e. The van der Waals surface area contributed by atoms with Gasteiger partial charge in [-0.2, -0.15) is 5.10 Å². The van der Waals surface area contributed by atoms with Crippen molar-refractivity contribution in [1.82, 2.24) is 19.7 Å². The lowest BCUT2D eigenvalue weighted by Gasteiger charge is -2.23. The highest BCUT2D eigenvalue weighted by Crippen LogP contribution is 2.34. The van der Waals surface area contributed by atoms with Crippen LogP contribution in [0.1, 0.15) is 39.5 Å². The molecule has 2 heterocycles. The van der Waals surface area contributed by atoms with Crippen LogP contribution in [0.2, 0.25) is 0 Å². The lowest BCUT2D eigenvalue weighted by Crippen LogP contribution is -2.21. The van der Waals surface area contributed by atoms with Gasteiger partial charge < -0.3 is 4.98 Å². The molecule has 0 amide bonds. The molecular formula is C21H18N4O. The van der Waals surface area contributed by atoms with Gasteiger partial charge in [-0.05, 0) is 42.5 Å².